The molecule has 0 amide bonds. The highest BCUT2D eigenvalue weighted by atomic mass is 14.6. The van der Waals surface area contributed by atoms with Crippen LogP contribution in [0.3, 0.4) is 0 Å². The zero-order chi connectivity index (χ0) is 10.8. The van der Waals surface area contributed by atoms with Crippen molar-refractivity contribution in [2.24, 2.45) is 0 Å². The minimum Gasteiger partial charge on any atom is -0.399 e. The second-order valence-electron chi connectivity index (χ2n) is 4.93. The molecule has 2 aromatic rings. The first kappa shape index (κ1) is 8.40. The van der Waals surface area contributed by atoms with Gasteiger partial charge in [-0.1, -0.05) is 30.3 Å². The number of benzene rings is 2. The van der Waals surface area contributed by atoms with Crippen molar-refractivity contribution < 1.29 is 0 Å². The molecule has 0 saturated heterocycles. The summed E-state index contributed by atoms with van der Waals surface area (Å²) in [4.78, 5) is 0. The lowest BCUT2D eigenvalue weighted by Gasteiger charge is -2.10. The highest BCUT2D eigenvalue weighted by Crippen LogP contribution is 2.62. The van der Waals surface area contributed by atoms with Crippen LogP contribution in [-0.4, -0.2) is 0 Å². The standard InChI is InChI=1S/C15H13N/c16-10-5-6-12-11-3-1-2-4-13(11)15(7-8-15)14(12)9-10/h1-6,9H,7-8,16H2. The fraction of sp³-hybridized carbons (Fsp3) is 0.200. The summed E-state index contributed by atoms with van der Waals surface area (Å²) in [5, 5.41) is 0. The summed E-state index contributed by atoms with van der Waals surface area (Å²) in [6.45, 7) is 0. The second kappa shape index (κ2) is 2.49. The molecule has 1 spiro atoms. The Labute approximate surface area is 94.9 Å². The van der Waals surface area contributed by atoms with Crippen LogP contribution in [0, 0.1) is 0 Å². The van der Waals surface area contributed by atoms with Gasteiger partial charge in [-0.05, 0) is 47.2 Å². The van der Waals surface area contributed by atoms with Gasteiger partial charge in [0.25, 0.3) is 0 Å². The number of rotatable bonds is 0. The van der Waals surface area contributed by atoms with E-state index in [0.29, 0.717) is 5.41 Å². The Hall–Kier alpha value is -1.76. The number of nitrogen functional groups attached to an aromatic ring is 1. The quantitative estimate of drug-likeness (QED) is 0.659. The lowest BCUT2D eigenvalue weighted by atomic mass is 9.93. The van der Waals surface area contributed by atoms with E-state index >= 15 is 0 Å². The maximum atomic E-state index is 5.91. The van der Waals surface area contributed by atoms with Crippen LogP contribution >= 0.6 is 0 Å². The molecule has 2 aromatic carbocycles. The van der Waals surface area contributed by atoms with Crippen molar-refractivity contribution in [2.75, 3.05) is 5.73 Å². The van der Waals surface area contributed by atoms with Gasteiger partial charge in [0, 0.05) is 11.1 Å². The fourth-order valence-electron chi connectivity index (χ4n) is 3.14. The molecule has 2 N–H and O–H groups in total. The maximum Gasteiger partial charge on any atom is 0.0317 e. The highest BCUT2D eigenvalue weighted by Gasteiger charge is 2.51. The van der Waals surface area contributed by atoms with Gasteiger partial charge in [0.05, 0.1) is 0 Å². The maximum absolute atomic E-state index is 5.91. The Kier molecular flexibility index (Phi) is 1.31. The Morgan fingerprint density at radius 1 is 0.875 bits per heavy atom. The Bertz CT molecular complexity index is 594. The van der Waals surface area contributed by atoms with Gasteiger partial charge >= 0.3 is 0 Å². The van der Waals surface area contributed by atoms with Gasteiger partial charge in [-0.15, -0.1) is 0 Å². The predicted octanol–water partition coefficient (Wildman–Crippen LogP) is 3.33. The van der Waals surface area contributed by atoms with Crippen molar-refractivity contribution in [3.8, 4) is 11.1 Å². The molecule has 2 aliphatic carbocycles. The van der Waals surface area contributed by atoms with Crippen molar-refractivity contribution in [3.05, 3.63) is 53.6 Å². The van der Waals surface area contributed by atoms with E-state index in [4.69, 9.17) is 5.73 Å². The first-order valence-electron chi connectivity index (χ1n) is 5.81. The van der Waals surface area contributed by atoms with Crippen LogP contribution in [-0.2, 0) is 5.41 Å². The molecule has 0 bridgehead atoms. The third-order valence-corrected chi connectivity index (χ3v) is 4.04. The lowest BCUT2D eigenvalue weighted by Crippen LogP contribution is -2.03. The average molecular weight is 207 g/mol. The summed E-state index contributed by atoms with van der Waals surface area (Å²) < 4.78 is 0. The topological polar surface area (TPSA) is 26.0 Å². The zero-order valence-corrected chi connectivity index (χ0v) is 9.03. The molecule has 0 aromatic heterocycles. The summed E-state index contributed by atoms with van der Waals surface area (Å²) in [5.41, 5.74) is 12.9. The van der Waals surface area contributed by atoms with E-state index in [1.807, 2.05) is 6.07 Å². The molecule has 16 heavy (non-hydrogen) atoms. The number of fused-ring (bicyclic) bond motifs is 5. The largest absolute Gasteiger partial charge is 0.399 e. The van der Waals surface area contributed by atoms with Crippen molar-refractivity contribution in [1.29, 1.82) is 0 Å². The number of anilines is 1. The molecular weight excluding hydrogens is 194 g/mol. The van der Waals surface area contributed by atoms with Gasteiger partial charge in [0.1, 0.15) is 0 Å². The monoisotopic (exact) mass is 207 g/mol. The predicted molar refractivity (Wildman–Crippen MR) is 66.3 cm³/mol. The Balaban J connectivity index is 2.11. The molecule has 0 heterocycles. The number of nitrogens with two attached hydrogens (primary N) is 1. The van der Waals surface area contributed by atoms with Crippen LogP contribution in [0.1, 0.15) is 24.0 Å². The molecule has 1 fully saturated rings. The van der Waals surface area contributed by atoms with Crippen LogP contribution in [0.5, 0.6) is 0 Å². The summed E-state index contributed by atoms with van der Waals surface area (Å²) in [5.74, 6) is 0. The molecule has 0 aliphatic heterocycles. The summed E-state index contributed by atoms with van der Waals surface area (Å²) >= 11 is 0. The van der Waals surface area contributed by atoms with Crippen LogP contribution in [0.2, 0.25) is 0 Å². The van der Waals surface area contributed by atoms with Crippen LogP contribution in [0.25, 0.3) is 11.1 Å². The minimum atomic E-state index is 0.321. The Morgan fingerprint density at radius 3 is 2.44 bits per heavy atom. The van der Waals surface area contributed by atoms with E-state index in [0.717, 1.165) is 5.69 Å². The smallest absolute Gasteiger partial charge is 0.0317 e. The number of hydrogen-bond acceptors (Lipinski definition) is 1. The second-order valence-corrected chi connectivity index (χ2v) is 4.93. The molecule has 0 unspecified atom stereocenters. The van der Waals surface area contributed by atoms with Gasteiger partial charge in [-0.3, -0.25) is 0 Å². The van der Waals surface area contributed by atoms with Crippen molar-refractivity contribution in [3.63, 3.8) is 0 Å². The van der Waals surface area contributed by atoms with E-state index in [9.17, 15) is 0 Å². The van der Waals surface area contributed by atoms with Crippen LogP contribution in [0.15, 0.2) is 42.5 Å². The van der Waals surface area contributed by atoms with Gasteiger partial charge in [-0.2, -0.15) is 0 Å². The summed E-state index contributed by atoms with van der Waals surface area (Å²) in [6, 6.07) is 15.1. The first-order valence-corrected chi connectivity index (χ1v) is 5.81. The molecular formula is C15H13N. The Morgan fingerprint density at radius 2 is 1.62 bits per heavy atom. The normalized spacial score (nSPS) is 18.2. The van der Waals surface area contributed by atoms with Gasteiger partial charge in [-0.25, -0.2) is 0 Å². The van der Waals surface area contributed by atoms with E-state index in [2.05, 4.69) is 36.4 Å². The lowest BCUT2D eigenvalue weighted by molar-refractivity contribution is 0.880. The molecule has 4 rings (SSSR count). The van der Waals surface area contributed by atoms with Gasteiger partial charge in [0.15, 0.2) is 0 Å². The molecule has 2 aliphatic rings. The van der Waals surface area contributed by atoms with E-state index < -0.39 is 0 Å². The van der Waals surface area contributed by atoms with E-state index in [1.54, 1.807) is 0 Å². The van der Waals surface area contributed by atoms with E-state index in [-0.39, 0.29) is 0 Å². The summed E-state index contributed by atoms with van der Waals surface area (Å²) in [6.07, 6.45) is 2.56. The van der Waals surface area contributed by atoms with Crippen molar-refractivity contribution in [2.45, 2.75) is 18.3 Å². The van der Waals surface area contributed by atoms with Crippen LogP contribution < -0.4 is 5.73 Å². The van der Waals surface area contributed by atoms with Gasteiger partial charge in [0.2, 0.25) is 0 Å². The SMILES string of the molecule is Nc1ccc2c(c1)C1(CC1)c1ccccc1-2. The molecule has 1 saturated carbocycles. The van der Waals surface area contributed by atoms with Crippen molar-refractivity contribution >= 4 is 5.69 Å². The molecule has 1 heteroatoms. The minimum absolute atomic E-state index is 0.321. The third-order valence-electron chi connectivity index (χ3n) is 4.04. The molecule has 0 atom stereocenters. The zero-order valence-electron chi connectivity index (χ0n) is 9.03. The highest BCUT2D eigenvalue weighted by molar-refractivity contribution is 5.83. The molecule has 78 valence electrons. The fourth-order valence-corrected chi connectivity index (χ4v) is 3.14. The van der Waals surface area contributed by atoms with Crippen LogP contribution in [0.4, 0.5) is 5.69 Å². The first-order chi connectivity index (χ1) is 7.81. The van der Waals surface area contributed by atoms with E-state index in [1.165, 1.54) is 35.1 Å². The van der Waals surface area contributed by atoms with Gasteiger partial charge < -0.3 is 5.73 Å². The average Bonchev–Trinajstić information content (AvgIpc) is 3.05. The van der Waals surface area contributed by atoms with Crippen molar-refractivity contribution in [1.82, 2.24) is 0 Å². The number of hydrogen-bond donors (Lipinski definition) is 1. The summed E-state index contributed by atoms with van der Waals surface area (Å²) in [7, 11) is 0. The molecule has 0 radical (unpaired) electrons. The molecule has 1 nitrogen and oxygen atoms in total. The third kappa shape index (κ3) is 0.827.